The normalized spacial score (nSPS) is 10.8. The number of aromatic nitrogens is 2. The lowest BCUT2D eigenvalue weighted by Gasteiger charge is -2.08. The van der Waals surface area contributed by atoms with Crippen LogP contribution in [0.4, 0.5) is 0 Å². The standard InChI is InChI=1S/C14H13Cl3N2S/c1-2-5-9-13(16)18-12(19-14(9)17)8-20-11-7-4-3-6-10(11)15/h3-4,6-7H,2,5,8H2,1H3. The van der Waals surface area contributed by atoms with E-state index in [1.807, 2.05) is 24.3 Å². The first-order valence-corrected chi connectivity index (χ1v) is 8.32. The van der Waals surface area contributed by atoms with Crippen LogP contribution in [0.2, 0.25) is 15.3 Å². The molecule has 0 radical (unpaired) electrons. The third kappa shape index (κ3) is 4.01. The topological polar surface area (TPSA) is 25.8 Å². The minimum atomic E-state index is 0.446. The zero-order valence-corrected chi connectivity index (χ0v) is 14.0. The molecule has 0 fully saturated rings. The highest BCUT2D eigenvalue weighted by atomic mass is 35.5. The third-order valence-corrected chi connectivity index (χ3v) is 4.78. The van der Waals surface area contributed by atoms with Crippen molar-refractivity contribution < 1.29 is 0 Å². The molecule has 0 saturated heterocycles. The molecule has 0 atom stereocenters. The molecule has 1 heterocycles. The van der Waals surface area contributed by atoms with Crippen LogP contribution in [-0.4, -0.2) is 9.97 Å². The van der Waals surface area contributed by atoms with Gasteiger partial charge in [-0.25, -0.2) is 9.97 Å². The summed E-state index contributed by atoms with van der Waals surface area (Å²) < 4.78 is 0. The third-order valence-electron chi connectivity index (χ3n) is 2.65. The summed E-state index contributed by atoms with van der Waals surface area (Å²) in [4.78, 5) is 9.60. The van der Waals surface area contributed by atoms with Crippen LogP contribution in [0.5, 0.6) is 0 Å². The second kappa shape index (κ2) is 7.51. The maximum Gasteiger partial charge on any atom is 0.142 e. The molecule has 0 N–H and O–H groups in total. The Morgan fingerprint density at radius 3 is 2.30 bits per heavy atom. The number of benzene rings is 1. The molecule has 0 aliphatic rings. The number of nitrogens with zero attached hydrogens (tertiary/aromatic N) is 2. The van der Waals surface area contributed by atoms with Gasteiger partial charge >= 0.3 is 0 Å². The van der Waals surface area contributed by atoms with E-state index in [-0.39, 0.29) is 0 Å². The van der Waals surface area contributed by atoms with Gasteiger partial charge in [-0.05, 0) is 18.6 Å². The average Bonchev–Trinajstić information content (AvgIpc) is 2.42. The average molecular weight is 348 g/mol. The second-order valence-electron chi connectivity index (χ2n) is 4.17. The van der Waals surface area contributed by atoms with Gasteiger partial charge in [0.25, 0.3) is 0 Å². The van der Waals surface area contributed by atoms with E-state index in [1.54, 1.807) is 11.8 Å². The summed E-state index contributed by atoms with van der Waals surface area (Å²) in [6, 6.07) is 7.66. The summed E-state index contributed by atoms with van der Waals surface area (Å²) in [6.45, 7) is 2.06. The van der Waals surface area contributed by atoms with Crippen molar-refractivity contribution in [2.45, 2.75) is 30.4 Å². The molecule has 1 aromatic carbocycles. The molecular formula is C14H13Cl3N2S. The van der Waals surface area contributed by atoms with Crippen LogP contribution >= 0.6 is 46.6 Å². The molecule has 0 amide bonds. The van der Waals surface area contributed by atoms with Gasteiger partial charge in [0, 0.05) is 10.5 Å². The molecule has 0 aliphatic heterocycles. The van der Waals surface area contributed by atoms with Gasteiger partial charge in [0.15, 0.2) is 0 Å². The highest BCUT2D eigenvalue weighted by molar-refractivity contribution is 7.98. The zero-order valence-electron chi connectivity index (χ0n) is 10.9. The van der Waals surface area contributed by atoms with E-state index in [4.69, 9.17) is 34.8 Å². The van der Waals surface area contributed by atoms with Crippen molar-refractivity contribution in [3.05, 3.63) is 51.0 Å². The van der Waals surface area contributed by atoms with Crippen LogP contribution in [-0.2, 0) is 12.2 Å². The Bertz CT molecular complexity index is 582. The molecule has 0 bridgehead atoms. The van der Waals surface area contributed by atoms with E-state index < -0.39 is 0 Å². The molecule has 2 rings (SSSR count). The molecular weight excluding hydrogens is 335 g/mol. The largest absolute Gasteiger partial charge is 0.220 e. The van der Waals surface area contributed by atoms with E-state index in [1.165, 1.54) is 0 Å². The minimum Gasteiger partial charge on any atom is -0.220 e. The summed E-state index contributed by atoms with van der Waals surface area (Å²) in [5.74, 6) is 1.19. The highest BCUT2D eigenvalue weighted by Gasteiger charge is 2.11. The van der Waals surface area contributed by atoms with E-state index >= 15 is 0 Å². The maximum absolute atomic E-state index is 6.16. The number of rotatable bonds is 5. The van der Waals surface area contributed by atoms with Crippen LogP contribution in [0, 0.1) is 0 Å². The van der Waals surface area contributed by atoms with E-state index in [0.29, 0.717) is 21.9 Å². The Labute approximate surface area is 137 Å². The molecule has 6 heteroatoms. The fourth-order valence-electron chi connectivity index (χ4n) is 1.70. The summed E-state index contributed by atoms with van der Waals surface area (Å²) in [5, 5.41) is 1.61. The van der Waals surface area contributed by atoms with Crippen molar-refractivity contribution in [1.82, 2.24) is 9.97 Å². The van der Waals surface area contributed by atoms with E-state index in [9.17, 15) is 0 Å². The Hall–Kier alpha value is -0.480. The van der Waals surface area contributed by atoms with Gasteiger partial charge in [0.05, 0.1) is 10.8 Å². The van der Waals surface area contributed by atoms with E-state index in [0.717, 1.165) is 28.3 Å². The van der Waals surface area contributed by atoms with Crippen LogP contribution in [0.15, 0.2) is 29.2 Å². The monoisotopic (exact) mass is 346 g/mol. The van der Waals surface area contributed by atoms with Gasteiger partial charge in [-0.15, -0.1) is 11.8 Å². The Kier molecular flexibility index (Phi) is 5.97. The quantitative estimate of drug-likeness (QED) is 0.514. The zero-order chi connectivity index (χ0) is 14.5. The van der Waals surface area contributed by atoms with Gasteiger partial charge in [-0.2, -0.15) is 0 Å². The molecule has 0 saturated carbocycles. The Balaban J connectivity index is 2.13. The molecule has 106 valence electrons. The lowest BCUT2D eigenvalue weighted by molar-refractivity contribution is 0.888. The van der Waals surface area contributed by atoms with Crippen LogP contribution in [0.1, 0.15) is 24.7 Å². The summed E-state index contributed by atoms with van der Waals surface area (Å²) in [6.07, 6.45) is 1.74. The lowest BCUT2D eigenvalue weighted by atomic mass is 10.2. The predicted octanol–water partition coefficient (Wildman–Crippen LogP) is 5.68. The van der Waals surface area contributed by atoms with Gasteiger partial charge < -0.3 is 0 Å². The van der Waals surface area contributed by atoms with Crippen molar-refractivity contribution in [1.29, 1.82) is 0 Å². The second-order valence-corrected chi connectivity index (χ2v) is 6.31. The van der Waals surface area contributed by atoms with Gasteiger partial charge in [-0.3, -0.25) is 0 Å². The first-order chi connectivity index (χ1) is 9.61. The molecule has 1 aromatic heterocycles. The maximum atomic E-state index is 6.16. The molecule has 0 aliphatic carbocycles. The first-order valence-electron chi connectivity index (χ1n) is 6.20. The van der Waals surface area contributed by atoms with Crippen LogP contribution in [0.25, 0.3) is 0 Å². The van der Waals surface area contributed by atoms with Crippen molar-refractivity contribution in [3.8, 4) is 0 Å². The molecule has 2 aromatic rings. The van der Waals surface area contributed by atoms with Crippen molar-refractivity contribution in [3.63, 3.8) is 0 Å². The van der Waals surface area contributed by atoms with Gasteiger partial charge in [0.1, 0.15) is 16.1 Å². The summed E-state index contributed by atoms with van der Waals surface area (Å²) in [7, 11) is 0. The minimum absolute atomic E-state index is 0.446. The summed E-state index contributed by atoms with van der Waals surface area (Å²) >= 11 is 20.0. The van der Waals surface area contributed by atoms with Crippen molar-refractivity contribution in [2.75, 3.05) is 0 Å². The summed E-state index contributed by atoms with van der Waals surface area (Å²) in [5.41, 5.74) is 0.822. The Morgan fingerprint density at radius 2 is 1.70 bits per heavy atom. The van der Waals surface area contributed by atoms with Crippen LogP contribution in [0.3, 0.4) is 0 Å². The number of thioether (sulfide) groups is 1. The Morgan fingerprint density at radius 1 is 1.05 bits per heavy atom. The van der Waals surface area contributed by atoms with Gasteiger partial charge in [0.2, 0.25) is 0 Å². The molecule has 0 spiro atoms. The SMILES string of the molecule is CCCc1c(Cl)nc(CSc2ccccc2Cl)nc1Cl. The molecule has 0 unspecified atom stereocenters. The lowest BCUT2D eigenvalue weighted by Crippen LogP contribution is -1.99. The first kappa shape index (κ1) is 15.9. The van der Waals surface area contributed by atoms with E-state index in [2.05, 4.69) is 16.9 Å². The highest BCUT2D eigenvalue weighted by Crippen LogP contribution is 2.30. The number of hydrogen-bond acceptors (Lipinski definition) is 3. The van der Waals surface area contributed by atoms with Gasteiger partial charge in [-0.1, -0.05) is 60.3 Å². The smallest absolute Gasteiger partial charge is 0.142 e. The van der Waals surface area contributed by atoms with Crippen molar-refractivity contribution >= 4 is 46.6 Å². The molecule has 20 heavy (non-hydrogen) atoms. The fourth-order valence-corrected chi connectivity index (χ4v) is 3.40. The number of halogens is 3. The fraction of sp³-hybridized carbons (Fsp3) is 0.286. The number of hydrogen-bond donors (Lipinski definition) is 0. The predicted molar refractivity (Wildman–Crippen MR) is 87.1 cm³/mol. The van der Waals surface area contributed by atoms with Crippen LogP contribution < -0.4 is 0 Å². The molecule has 2 nitrogen and oxygen atoms in total. The van der Waals surface area contributed by atoms with Crippen molar-refractivity contribution in [2.24, 2.45) is 0 Å².